The number of para-hydroxylation sites is 1. The van der Waals surface area contributed by atoms with Crippen molar-refractivity contribution in [2.24, 2.45) is 0 Å². The highest BCUT2D eigenvalue weighted by molar-refractivity contribution is 8.00. The molecule has 0 saturated heterocycles. The van der Waals surface area contributed by atoms with Gasteiger partial charge in [0, 0.05) is 11.1 Å². The van der Waals surface area contributed by atoms with Gasteiger partial charge in [-0.2, -0.15) is 0 Å². The number of aromatic nitrogens is 2. The zero-order chi connectivity index (χ0) is 15.5. The van der Waals surface area contributed by atoms with Crippen molar-refractivity contribution in [3.05, 3.63) is 47.1 Å². The number of amides is 1. The molecule has 3 aromatic rings. The lowest BCUT2D eigenvalue weighted by Gasteiger charge is -2.11. The molecular weight excluding hydrogens is 314 g/mol. The molecule has 0 unspecified atom stereocenters. The second kappa shape index (κ2) is 6.46. The Hall–Kier alpha value is -1.92. The summed E-state index contributed by atoms with van der Waals surface area (Å²) in [5.41, 5.74) is 3.04. The monoisotopic (exact) mass is 329 g/mol. The van der Waals surface area contributed by atoms with Crippen LogP contribution in [0.15, 0.2) is 41.0 Å². The maximum Gasteiger partial charge on any atom is 0.234 e. The van der Waals surface area contributed by atoms with E-state index in [-0.39, 0.29) is 5.91 Å². The Balaban J connectivity index is 1.69. The topological polar surface area (TPSA) is 54.9 Å². The summed E-state index contributed by atoms with van der Waals surface area (Å²) in [4.78, 5) is 21.6. The molecular formula is C16H15N3OS2. The molecule has 0 fully saturated rings. The minimum absolute atomic E-state index is 0.0237. The van der Waals surface area contributed by atoms with E-state index < -0.39 is 0 Å². The molecule has 0 radical (unpaired) electrons. The maximum atomic E-state index is 12.2. The van der Waals surface area contributed by atoms with E-state index in [1.54, 1.807) is 17.7 Å². The molecule has 0 spiro atoms. The highest BCUT2D eigenvalue weighted by Gasteiger charge is 2.10. The number of nitrogens with zero attached hydrogens (tertiary/aromatic N) is 2. The van der Waals surface area contributed by atoms with Crippen molar-refractivity contribution in [1.29, 1.82) is 0 Å². The van der Waals surface area contributed by atoms with Gasteiger partial charge in [0.1, 0.15) is 16.2 Å². The van der Waals surface area contributed by atoms with Gasteiger partial charge in [0.2, 0.25) is 5.91 Å². The highest BCUT2D eigenvalue weighted by atomic mass is 32.2. The van der Waals surface area contributed by atoms with Crippen LogP contribution < -0.4 is 5.32 Å². The lowest BCUT2D eigenvalue weighted by molar-refractivity contribution is -0.113. The van der Waals surface area contributed by atoms with Gasteiger partial charge < -0.3 is 5.32 Å². The quantitative estimate of drug-likeness (QED) is 0.580. The molecule has 0 aliphatic carbocycles. The Bertz CT molecular complexity index is 809. The predicted molar refractivity (Wildman–Crippen MR) is 92.7 cm³/mol. The molecule has 6 heteroatoms. The average molecular weight is 329 g/mol. The number of benzene rings is 1. The Morgan fingerprint density at radius 3 is 2.77 bits per heavy atom. The summed E-state index contributed by atoms with van der Waals surface area (Å²) >= 11 is 3.01. The first kappa shape index (κ1) is 15.0. The number of fused-ring (bicyclic) bond motifs is 1. The van der Waals surface area contributed by atoms with Gasteiger partial charge in [-0.1, -0.05) is 30.0 Å². The molecule has 22 heavy (non-hydrogen) atoms. The van der Waals surface area contributed by atoms with E-state index in [9.17, 15) is 4.79 Å². The number of carbonyl (C=O) groups is 1. The summed E-state index contributed by atoms with van der Waals surface area (Å²) in [7, 11) is 0. The van der Waals surface area contributed by atoms with E-state index >= 15 is 0 Å². The number of carbonyl (C=O) groups excluding carboxylic acids is 1. The van der Waals surface area contributed by atoms with Crippen LogP contribution in [0.25, 0.3) is 10.2 Å². The van der Waals surface area contributed by atoms with Crippen molar-refractivity contribution in [1.82, 2.24) is 9.97 Å². The maximum absolute atomic E-state index is 12.2. The van der Waals surface area contributed by atoms with Gasteiger partial charge >= 0.3 is 0 Å². The molecule has 0 saturated carbocycles. The molecule has 2 aromatic heterocycles. The van der Waals surface area contributed by atoms with Crippen LogP contribution in [-0.4, -0.2) is 21.6 Å². The third kappa shape index (κ3) is 3.13. The molecule has 112 valence electrons. The summed E-state index contributed by atoms with van der Waals surface area (Å²) in [6, 6.07) is 7.97. The van der Waals surface area contributed by atoms with Crippen LogP contribution in [0.3, 0.4) is 0 Å². The lowest BCUT2D eigenvalue weighted by Crippen LogP contribution is -2.15. The Kier molecular flexibility index (Phi) is 4.40. The molecule has 0 aliphatic rings. The summed E-state index contributed by atoms with van der Waals surface area (Å²) in [6.07, 6.45) is 1.55. The molecule has 1 aromatic carbocycles. The smallest absolute Gasteiger partial charge is 0.234 e. The Morgan fingerprint density at radius 2 is 2.00 bits per heavy atom. The van der Waals surface area contributed by atoms with Crippen molar-refractivity contribution < 1.29 is 4.79 Å². The largest absolute Gasteiger partial charge is 0.325 e. The molecule has 2 heterocycles. The van der Waals surface area contributed by atoms with Gasteiger partial charge in [-0.25, -0.2) is 9.97 Å². The van der Waals surface area contributed by atoms with Crippen LogP contribution in [-0.2, 0) is 4.79 Å². The van der Waals surface area contributed by atoms with Crippen LogP contribution in [0.5, 0.6) is 0 Å². The number of nitrogens with one attached hydrogen (secondary N) is 1. The van der Waals surface area contributed by atoms with Gasteiger partial charge in [0.05, 0.1) is 5.75 Å². The van der Waals surface area contributed by atoms with E-state index in [0.29, 0.717) is 5.75 Å². The normalized spacial score (nSPS) is 10.8. The van der Waals surface area contributed by atoms with Gasteiger partial charge in [0.25, 0.3) is 0 Å². The molecule has 0 aliphatic heterocycles. The predicted octanol–water partition coefficient (Wildman–Crippen LogP) is 4.04. The van der Waals surface area contributed by atoms with Gasteiger partial charge in [-0.15, -0.1) is 11.3 Å². The van der Waals surface area contributed by atoms with Gasteiger partial charge in [0.15, 0.2) is 0 Å². The molecule has 0 atom stereocenters. The summed E-state index contributed by atoms with van der Waals surface area (Å²) < 4.78 is 0. The van der Waals surface area contributed by atoms with Crippen molar-refractivity contribution in [2.75, 3.05) is 11.1 Å². The SMILES string of the molecule is Cc1cccc(C)c1NC(=O)CSc1ncnc2sccc12. The average Bonchev–Trinajstić information content (AvgIpc) is 2.98. The molecule has 0 bridgehead atoms. The lowest BCUT2D eigenvalue weighted by atomic mass is 10.1. The van der Waals surface area contributed by atoms with Crippen LogP contribution in [0, 0.1) is 13.8 Å². The van der Waals surface area contributed by atoms with Crippen molar-refractivity contribution in [3.8, 4) is 0 Å². The minimum atomic E-state index is -0.0237. The molecule has 4 nitrogen and oxygen atoms in total. The van der Waals surface area contributed by atoms with Crippen molar-refractivity contribution in [2.45, 2.75) is 18.9 Å². The first-order valence-corrected chi connectivity index (χ1v) is 8.69. The highest BCUT2D eigenvalue weighted by Crippen LogP contribution is 2.28. The molecule has 3 rings (SSSR count). The number of hydrogen-bond acceptors (Lipinski definition) is 5. The Labute approximate surface area is 137 Å². The number of aryl methyl sites for hydroxylation is 2. The number of rotatable bonds is 4. The van der Waals surface area contributed by atoms with E-state index in [1.165, 1.54) is 11.8 Å². The number of hydrogen-bond donors (Lipinski definition) is 1. The summed E-state index contributed by atoms with van der Waals surface area (Å²) in [6.45, 7) is 3.99. The van der Waals surface area contributed by atoms with Crippen molar-refractivity contribution >= 4 is 44.9 Å². The van der Waals surface area contributed by atoms with Crippen LogP contribution in [0.2, 0.25) is 0 Å². The fourth-order valence-electron chi connectivity index (χ4n) is 2.20. The number of anilines is 1. The van der Waals surface area contributed by atoms with Gasteiger partial charge in [-0.05, 0) is 36.4 Å². The standard InChI is InChI=1S/C16H15N3OS2/c1-10-4-3-5-11(2)14(10)19-13(20)8-22-16-12-6-7-21-15(12)17-9-18-16/h3-7,9H,8H2,1-2H3,(H,19,20). The van der Waals surface area contributed by atoms with E-state index in [1.807, 2.05) is 43.5 Å². The minimum Gasteiger partial charge on any atom is -0.325 e. The van der Waals surface area contributed by atoms with E-state index in [4.69, 9.17) is 0 Å². The number of thiophene rings is 1. The third-order valence-corrected chi connectivity index (χ3v) is 5.14. The molecule has 1 N–H and O–H groups in total. The second-order valence-electron chi connectivity index (χ2n) is 4.92. The second-order valence-corrected chi connectivity index (χ2v) is 6.78. The van der Waals surface area contributed by atoms with Gasteiger partial charge in [-0.3, -0.25) is 4.79 Å². The molecule has 1 amide bonds. The van der Waals surface area contributed by atoms with E-state index in [2.05, 4.69) is 15.3 Å². The fraction of sp³-hybridized carbons (Fsp3) is 0.188. The summed E-state index contributed by atoms with van der Waals surface area (Å²) in [5, 5.41) is 6.84. The first-order chi connectivity index (χ1) is 10.6. The third-order valence-electron chi connectivity index (χ3n) is 3.31. The van der Waals surface area contributed by atoms with Crippen molar-refractivity contribution in [3.63, 3.8) is 0 Å². The van der Waals surface area contributed by atoms with E-state index in [0.717, 1.165) is 32.1 Å². The zero-order valence-corrected chi connectivity index (χ0v) is 13.9. The van der Waals surface area contributed by atoms with Crippen LogP contribution in [0.4, 0.5) is 5.69 Å². The fourth-order valence-corrected chi connectivity index (χ4v) is 3.78. The summed E-state index contributed by atoms with van der Waals surface area (Å²) in [5.74, 6) is 0.305. The van der Waals surface area contributed by atoms with Crippen LogP contribution >= 0.6 is 23.1 Å². The van der Waals surface area contributed by atoms with Crippen LogP contribution in [0.1, 0.15) is 11.1 Å². The number of thioether (sulfide) groups is 1. The Morgan fingerprint density at radius 1 is 1.23 bits per heavy atom. The first-order valence-electron chi connectivity index (χ1n) is 6.82. The zero-order valence-electron chi connectivity index (χ0n) is 12.3.